The maximum Gasteiger partial charge on any atom is 0.408 e. The molecular formula is C14H19N3O4. The monoisotopic (exact) mass is 293 g/mol. The lowest BCUT2D eigenvalue weighted by Gasteiger charge is -2.21. The van der Waals surface area contributed by atoms with E-state index in [0.717, 1.165) is 5.56 Å². The molecule has 114 valence electrons. The Kier molecular flexibility index (Phi) is 3.93. The predicted octanol–water partition coefficient (Wildman–Crippen LogP) is 1.74. The van der Waals surface area contributed by atoms with Crippen LogP contribution in [0, 0.1) is 0 Å². The maximum atomic E-state index is 11.8. The molecule has 1 aliphatic heterocycles. The van der Waals surface area contributed by atoms with E-state index >= 15 is 0 Å². The molecular weight excluding hydrogens is 274 g/mol. The number of alkyl carbamates (subject to hydrolysis) is 1. The third kappa shape index (κ3) is 3.56. The first-order valence-corrected chi connectivity index (χ1v) is 6.54. The zero-order valence-corrected chi connectivity index (χ0v) is 12.2. The number of amides is 1. The first kappa shape index (κ1) is 15.0. The third-order valence-electron chi connectivity index (χ3n) is 2.89. The van der Waals surface area contributed by atoms with Crippen LogP contribution >= 0.6 is 0 Å². The van der Waals surface area contributed by atoms with Crippen LogP contribution in [0.25, 0.3) is 0 Å². The molecule has 0 saturated heterocycles. The maximum absolute atomic E-state index is 11.8. The summed E-state index contributed by atoms with van der Waals surface area (Å²) in [5, 5.41) is 14.4. The van der Waals surface area contributed by atoms with Gasteiger partial charge in [-0.15, -0.1) is 0 Å². The fourth-order valence-electron chi connectivity index (χ4n) is 2.00. The van der Waals surface area contributed by atoms with Gasteiger partial charge in [0.15, 0.2) is 5.84 Å². The van der Waals surface area contributed by atoms with Crippen molar-refractivity contribution >= 4 is 11.9 Å². The van der Waals surface area contributed by atoms with Crippen molar-refractivity contribution in [2.24, 2.45) is 10.9 Å². The van der Waals surface area contributed by atoms with E-state index in [-0.39, 0.29) is 11.9 Å². The van der Waals surface area contributed by atoms with Crippen LogP contribution in [0.5, 0.6) is 5.75 Å². The van der Waals surface area contributed by atoms with Crippen LogP contribution in [-0.2, 0) is 4.74 Å². The average Bonchev–Trinajstić information content (AvgIpc) is 2.78. The van der Waals surface area contributed by atoms with Crippen molar-refractivity contribution in [3.63, 3.8) is 0 Å². The molecule has 1 amide bonds. The van der Waals surface area contributed by atoms with E-state index in [2.05, 4.69) is 10.5 Å². The summed E-state index contributed by atoms with van der Waals surface area (Å²) in [6.45, 7) is 5.72. The standard InChI is InChI=1S/C14H19N3O4/c1-14(2,3)21-13(18)16-10-7-20-11-6-8(12(15)17-19)4-5-9(10)11/h4-6,10,19H,7H2,1-3H3,(H2,15,17)(H,16,18)/t10-/m1/s1. The van der Waals surface area contributed by atoms with Gasteiger partial charge in [-0.3, -0.25) is 0 Å². The number of rotatable bonds is 2. The molecule has 21 heavy (non-hydrogen) atoms. The lowest BCUT2D eigenvalue weighted by Crippen LogP contribution is -2.35. The zero-order valence-electron chi connectivity index (χ0n) is 12.2. The Morgan fingerprint density at radius 1 is 1.52 bits per heavy atom. The Morgan fingerprint density at radius 3 is 2.86 bits per heavy atom. The van der Waals surface area contributed by atoms with Crippen molar-refractivity contribution in [2.75, 3.05) is 6.61 Å². The minimum Gasteiger partial charge on any atom is -0.491 e. The number of nitrogens with two attached hydrogens (primary N) is 1. The van der Waals surface area contributed by atoms with Crippen LogP contribution in [0.1, 0.15) is 37.9 Å². The van der Waals surface area contributed by atoms with Gasteiger partial charge in [0.05, 0.1) is 6.04 Å². The molecule has 1 aliphatic rings. The smallest absolute Gasteiger partial charge is 0.408 e. The molecule has 0 unspecified atom stereocenters. The van der Waals surface area contributed by atoms with Crippen LogP contribution in [-0.4, -0.2) is 29.3 Å². The Bertz CT molecular complexity index is 578. The predicted molar refractivity (Wildman–Crippen MR) is 76.6 cm³/mol. The first-order valence-electron chi connectivity index (χ1n) is 6.54. The van der Waals surface area contributed by atoms with Gasteiger partial charge in [0.1, 0.15) is 18.0 Å². The highest BCUT2D eigenvalue weighted by molar-refractivity contribution is 5.97. The highest BCUT2D eigenvalue weighted by atomic mass is 16.6. The summed E-state index contributed by atoms with van der Waals surface area (Å²) in [5.41, 5.74) is 6.35. The number of ether oxygens (including phenoxy) is 2. The fourth-order valence-corrected chi connectivity index (χ4v) is 2.00. The molecule has 1 heterocycles. The topological polar surface area (TPSA) is 106 Å². The number of nitrogens with zero attached hydrogens (tertiary/aromatic N) is 1. The number of carbonyl (C=O) groups excluding carboxylic acids is 1. The molecule has 2 rings (SSSR count). The highest BCUT2D eigenvalue weighted by Crippen LogP contribution is 2.33. The molecule has 0 radical (unpaired) electrons. The molecule has 0 aromatic heterocycles. The number of hydrogen-bond acceptors (Lipinski definition) is 5. The summed E-state index contributed by atoms with van der Waals surface area (Å²) in [4.78, 5) is 11.8. The van der Waals surface area contributed by atoms with Crippen LogP contribution in [0.2, 0.25) is 0 Å². The van der Waals surface area contributed by atoms with E-state index in [9.17, 15) is 4.79 Å². The number of carbonyl (C=O) groups is 1. The Morgan fingerprint density at radius 2 is 2.24 bits per heavy atom. The van der Waals surface area contributed by atoms with E-state index in [1.807, 2.05) is 0 Å². The minimum atomic E-state index is -0.553. The molecule has 7 heteroatoms. The Hall–Kier alpha value is -2.44. The number of oxime groups is 1. The normalized spacial score (nSPS) is 17.9. The number of nitrogens with one attached hydrogen (secondary N) is 1. The zero-order chi connectivity index (χ0) is 15.6. The number of hydrogen-bond donors (Lipinski definition) is 3. The second kappa shape index (κ2) is 5.51. The van der Waals surface area contributed by atoms with Crippen molar-refractivity contribution < 1.29 is 19.5 Å². The van der Waals surface area contributed by atoms with E-state index in [4.69, 9.17) is 20.4 Å². The molecule has 0 saturated carbocycles. The fraction of sp³-hybridized carbons (Fsp3) is 0.429. The summed E-state index contributed by atoms with van der Waals surface area (Å²) in [6.07, 6.45) is -0.496. The quantitative estimate of drug-likeness (QED) is 0.333. The molecule has 1 atom stereocenters. The second-order valence-electron chi connectivity index (χ2n) is 5.75. The van der Waals surface area contributed by atoms with Gasteiger partial charge in [0, 0.05) is 11.1 Å². The van der Waals surface area contributed by atoms with Crippen molar-refractivity contribution in [1.82, 2.24) is 5.32 Å². The summed E-state index contributed by atoms with van der Waals surface area (Å²) in [6, 6.07) is 4.86. The highest BCUT2D eigenvalue weighted by Gasteiger charge is 2.28. The molecule has 1 aromatic rings. The van der Waals surface area contributed by atoms with Gasteiger partial charge in [-0.2, -0.15) is 0 Å². The molecule has 1 aromatic carbocycles. The Labute approximate surface area is 122 Å². The first-order chi connectivity index (χ1) is 9.80. The van der Waals surface area contributed by atoms with Crippen LogP contribution in [0.3, 0.4) is 0 Å². The van der Waals surface area contributed by atoms with E-state index in [1.54, 1.807) is 39.0 Å². The molecule has 7 nitrogen and oxygen atoms in total. The largest absolute Gasteiger partial charge is 0.491 e. The van der Waals surface area contributed by atoms with Crippen molar-refractivity contribution in [3.8, 4) is 5.75 Å². The van der Waals surface area contributed by atoms with Gasteiger partial charge in [-0.05, 0) is 26.8 Å². The van der Waals surface area contributed by atoms with Crippen LogP contribution in [0.15, 0.2) is 23.4 Å². The summed E-state index contributed by atoms with van der Waals surface area (Å²) < 4.78 is 10.7. The van der Waals surface area contributed by atoms with Crippen molar-refractivity contribution in [2.45, 2.75) is 32.4 Å². The van der Waals surface area contributed by atoms with Crippen molar-refractivity contribution in [1.29, 1.82) is 0 Å². The lowest BCUT2D eigenvalue weighted by atomic mass is 10.1. The molecule has 0 spiro atoms. The number of fused-ring (bicyclic) bond motifs is 1. The molecule has 0 aliphatic carbocycles. The van der Waals surface area contributed by atoms with Gasteiger partial charge in [-0.1, -0.05) is 17.3 Å². The lowest BCUT2D eigenvalue weighted by molar-refractivity contribution is 0.0497. The second-order valence-corrected chi connectivity index (χ2v) is 5.75. The van der Waals surface area contributed by atoms with Gasteiger partial charge in [0.25, 0.3) is 0 Å². The molecule has 4 N–H and O–H groups in total. The summed E-state index contributed by atoms with van der Waals surface area (Å²) >= 11 is 0. The van der Waals surface area contributed by atoms with Crippen LogP contribution < -0.4 is 15.8 Å². The van der Waals surface area contributed by atoms with E-state index in [1.165, 1.54) is 0 Å². The molecule has 0 fully saturated rings. The number of amidine groups is 1. The summed E-state index contributed by atoms with van der Waals surface area (Å²) in [5.74, 6) is 0.602. The van der Waals surface area contributed by atoms with E-state index < -0.39 is 11.7 Å². The minimum absolute atomic E-state index is 0.00458. The van der Waals surface area contributed by atoms with Crippen LogP contribution in [0.4, 0.5) is 4.79 Å². The van der Waals surface area contributed by atoms with E-state index in [0.29, 0.717) is 17.9 Å². The summed E-state index contributed by atoms with van der Waals surface area (Å²) in [7, 11) is 0. The van der Waals surface area contributed by atoms with Crippen molar-refractivity contribution in [3.05, 3.63) is 29.3 Å². The SMILES string of the molecule is CC(C)(C)OC(=O)N[C@@H]1COc2cc(C(N)=NO)ccc21. The third-order valence-corrected chi connectivity index (χ3v) is 2.89. The molecule has 0 bridgehead atoms. The van der Waals surface area contributed by atoms with Gasteiger partial charge < -0.3 is 25.7 Å². The van der Waals surface area contributed by atoms with Gasteiger partial charge in [0.2, 0.25) is 0 Å². The number of benzene rings is 1. The average molecular weight is 293 g/mol. The van der Waals surface area contributed by atoms with Gasteiger partial charge in [-0.25, -0.2) is 4.79 Å². The Balaban J connectivity index is 2.11. The van der Waals surface area contributed by atoms with Gasteiger partial charge >= 0.3 is 6.09 Å².